The van der Waals surface area contributed by atoms with Gasteiger partial charge in [0.15, 0.2) is 0 Å². The van der Waals surface area contributed by atoms with Gasteiger partial charge in [-0.05, 0) is 31.2 Å². The molecule has 0 fully saturated rings. The molecule has 1 N–H and O–H groups in total. The van der Waals surface area contributed by atoms with Crippen molar-refractivity contribution in [3.63, 3.8) is 0 Å². The quantitative estimate of drug-likeness (QED) is 0.525. The largest absolute Gasteiger partial charge is 0.381 e. The van der Waals surface area contributed by atoms with Crippen LogP contribution in [0.5, 0.6) is 0 Å². The average Bonchev–Trinajstić information content (AvgIpc) is 3.20. The number of halogens is 3. The van der Waals surface area contributed by atoms with E-state index in [2.05, 4.69) is 15.2 Å². The first-order chi connectivity index (χ1) is 14.3. The average molecular weight is 432 g/mol. The summed E-state index contributed by atoms with van der Waals surface area (Å²) in [5, 5.41) is 21.1. The zero-order chi connectivity index (χ0) is 21.5. The highest BCUT2D eigenvalue weighted by molar-refractivity contribution is 6.31. The van der Waals surface area contributed by atoms with Crippen molar-refractivity contribution in [2.24, 2.45) is 0 Å². The van der Waals surface area contributed by atoms with Gasteiger partial charge < -0.3 is 5.11 Å². The molecule has 0 aliphatic carbocycles. The number of nitrogens with zero attached hydrogens (tertiary/aromatic N) is 5. The van der Waals surface area contributed by atoms with Gasteiger partial charge in [0.25, 0.3) is 5.56 Å². The van der Waals surface area contributed by atoms with Crippen molar-refractivity contribution >= 4 is 22.4 Å². The van der Waals surface area contributed by atoms with Crippen molar-refractivity contribution in [1.29, 1.82) is 0 Å². The molecule has 2 atom stereocenters. The van der Waals surface area contributed by atoms with Gasteiger partial charge in [-0.3, -0.25) is 4.79 Å². The van der Waals surface area contributed by atoms with E-state index in [0.717, 1.165) is 16.8 Å². The van der Waals surface area contributed by atoms with E-state index in [-0.39, 0.29) is 12.1 Å². The second-order valence-electron chi connectivity index (χ2n) is 6.94. The fourth-order valence-electron chi connectivity index (χ4n) is 3.46. The zero-order valence-corrected chi connectivity index (χ0v) is 16.5. The highest BCUT2D eigenvalue weighted by Gasteiger charge is 2.41. The van der Waals surface area contributed by atoms with Gasteiger partial charge in [-0.1, -0.05) is 17.7 Å². The van der Waals surface area contributed by atoms with Gasteiger partial charge in [-0.25, -0.2) is 23.1 Å². The number of benzene rings is 2. The van der Waals surface area contributed by atoms with Gasteiger partial charge >= 0.3 is 0 Å². The molecule has 0 aliphatic heterocycles. The minimum absolute atomic E-state index is 0.197. The Hall–Kier alpha value is -3.17. The summed E-state index contributed by atoms with van der Waals surface area (Å²) in [5.74, 6) is -1.74. The van der Waals surface area contributed by atoms with Gasteiger partial charge in [0.1, 0.15) is 29.9 Å². The molecule has 4 aromatic rings. The smallest absolute Gasteiger partial charge is 0.274 e. The van der Waals surface area contributed by atoms with Crippen LogP contribution in [-0.4, -0.2) is 29.7 Å². The number of hydrogen-bond donors (Lipinski definition) is 1. The third-order valence-electron chi connectivity index (χ3n) is 5.10. The maximum absolute atomic E-state index is 14.7. The topological polar surface area (TPSA) is 85.8 Å². The van der Waals surface area contributed by atoms with E-state index in [1.165, 1.54) is 30.5 Å². The first-order valence-corrected chi connectivity index (χ1v) is 9.35. The fraction of sp³-hybridized carbons (Fsp3) is 0.200. The molecule has 0 unspecified atom stereocenters. The minimum Gasteiger partial charge on any atom is -0.381 e. The van der Waals surface area contributed by atoms with E-state index in [9.17, 15) is 18.7 Å². The first-order valence-electron chi connectivity index (χ1n) is 8.97. The first kappa shape index (κ1) is 20.1. The second-order valence-corrected chi connectivity index (χ2v) is 7.38. The molecule has 30 heavy (non-hydrogen) atoms. The normalized spacial score (nSPS) is 14.6. The molecule has 4 rings (SSSR count). The third-order valence-corrected chi connectivity index (χ3v) is 5.33. The Morgan fingerprint density at radius 1 is 1.20 bits per heavy atom. The molecular formula is C20H16ClF2N5O2. The summed E-state index contributed by atoms with van der Waals surface area (Å²) in [7, 11) is 0. The van der Waals surface area contributed by atoms with E-state index in [4.69, 9.17) is 11.6 Å². The lowest BCUT2D eigenvalue weighted by atomic mass is 9.86. The monoisotopic (exact) mass is 431 g/mol. The molecule has 0 aliphatic rings. The van der Waals surface area contributed by atoms with E-state index in [1.54, 1.807) is 18.2 Å². The summed E-state index contributed by atoms with van der Waals surface area (Å²) in [6.07, 6.45) is 4.05. The van der Waals surface area contributed by atoms with Crippen LogP contribution in [0.2, 0.25) is 5.02 Å². The van der Waals surface area contributed by atoms with Crippen molar-refractivity contribution < 1.29 is 13.9 Å². The molecule has 7 nitrogen and oxygen atoms in total. The van der Waals surface area contributed by atoms with Crippen molar-refractivity contribution in [1.82, 2.24) is 24.5 Å². The summed E-state index contributed by atoms with van der Waals surface area (Å²) in [6, 6.07) is 6.53. The third kappa shape index (κ3) is 3.46. The van der Waals surface area contributed by atoms with Crippen LogP contribution in [0.15, 0.2) is 60.0 Å². The van der Waals surface area contributed by atoms with Crippen LogP contribution in [-0.2, 0) is 12.1 Å². The standard InChI is InChI=1S/C20H16ClF2N5O2/c1-12(28-19(29)16-4-2-14(21)6-13(16)8-25-28)20(30,9-27-11-24-10-26-27)17-5-3-15(22)7-18(17)23/h2-8,10-12,30H,9H2,1H3/t12-,20-/m1/s1. The molecule has 2 aromatic carbocycles. The number of hydrogen-bond acceptors (Lipinski definition) is 5. The lowest BCUT2D eigenvalue weighted by molar-refractivity contribution is -0.0382. The Morgan fingerprint density at radius 3 is 2.70 bits per heavy atom. The summed E-state index contributed by atoms with van der Waals surface area (Å²) < 4.78 is 30.5. The SMILES string of the molecule is C[C@@H](n1ncc2cc(Cl)ccc2c1=O)[C@](O)(Cn1cncn1)c1ccc(F)cc1F. The minimum atomic E-state index is -2.00. The summed E-state index contributed by atoms with van der Waals surface area (Å²) in [4.78, 5) is 16.9. The lowest BCUT2D eigenvalue weighted by Gasteiger charge is -2.35. The van der Waals surface area contributed by atoms with Crippen LogP contribution in [0.4, 0.5) is 8.78 Å². The Morgan fingerprint density at radius 2 is 2.00 bits per heavy atom. The molecule has 0 bridgehead atoms. The molecule has 2 heterocycles. The Kier molecular flexibility index (Phi) is 5.08. The van der Waals surface area contributed by atoms with E-state index in [1.807, 2.05) is 0 Å². The van der Waals surface area contributed by atoms with Gasteiger partial charge in [0, 0.05) is 22.0 Å². The van der Waals surface area contributed by atoms with Crippen molar-refractivity contribution in [3.8, 4) is 0 Å². The lowest BCUT2D eigenvalue weighted by Crippen LogP contribution is -2.44. The second kappa shape index (κ2) is 7.58. The molecule has 0 spiro atoms. The molecule has 0 amide bonds. The number of rotatable bonds is 5. The summed E-state index contributed by atoms with van der Waals surface area (Å²) in [6.45, 7) is 1.28. The van der Waals surface area contributed by atoms with Crippen LogP contribution in [0.25, 0.3) is 10.8 Å². The maximum Gasteiger partial charge on any atom is 0.274 e. The van der Waals surface area contributed by atoms with Gasteiger partial charge in [0.2, 0.25) is 0 Å². The molecule has 0 saturated carbocycles. The predicted molar refractivity (Wildman–Crippen MR) is 106 cm³/mol. The maximum atomic E-state index is 14.7. The molecule has 10 heteroatoms. The van der Waals surface area contributed by atoms with E-state index >= 15 is 0 Å². The predicted octanol–water partition coefficient (Wildman–Crippen LogP) is 3.07. The highest BCUT2D eigenvalue weighted by Crippen LogP contribution is 2.36. The Labute approximate surface area is 174 Å². The number of fused-ring (bicyclic) bond motifs is 1. The summed E-state index contributed by atoms with van der Waals surface area (Å²) in [5.41, 5.74) is -2.68. The van der Waals surface area contributed by atoms with Gasteiger partial charge in [-0.15, -0.1) is 0 Å². The van der Waals surface area contributed by atoms with Crippen molar-refractivity contribution in [3.05, 3.63) is 87.8 Å². The van der Waals surface area contributed by atoms with Crippen molar-refractivity contribution in [2.45, 2.75) is 25.1 Å². The van der Waals surface area contributed by atoms with Crippen LogP contribution in [0.1, 0.15) is 18.5 Å². The molecular weight excluding hydrogens is 416 g/mol. The van der Waals surface area contributed by atoms with Gasteiger partial charge in [-0.2, -0.15) is 10.2 Å². The zero-order valence-electron chi connectivity index (χ0n) is 15.7. The van der Waals surface area contributed by atoms with Gasteiger partial charge in [0.05, 0.1) is 24.2 Å². The summed E-state index contributed by atoms with van der Waals surface area (Å²) >= 11 is 5.97. The van der Waals surface area contributed by atoms with E-state index < -0.39 is 28.8 Å². The molecule has 154 valence electrons. The molecule has 2 aromatic heterocycles. The van der Waals surface area contributed by atoms with E-state index in [0.29, 0.717) is 21.9 Å². The number of aliphatic hydroxyl groups is 1. The molecule has 0 saturated heterocycles. The van der Waals surface area contributed by atoms with Crippen LogP contribution < -0.4 is 5.56 Å². The number of aromatic nitrogens is 5. The van der Waals surface area contributed by atoms with Crippen LogP contribution in [0, 0.1) is 11.6 Å². The van der Waals surface area contributed by atoms with Crippen LogP contribution in [0.3, 0.4) is 0 Å². The van der Waals surface area contributed by atoms with Crippen LogP contribution >= 0.6 is 11.6 Å². The Balaban J connectivity index is 1.88. The molecule has 0 radical (unpaired) electrons. The fourth-order valence-corrected chi connectivity index (χ4v) is 3.64. The Bertz CT molecular complexity index is 1280. The highest BCUT2D eigenvalue weighted by atomic mass is 35.5. The van der Waals surface area contributed by atoms with Crippen molar-refractivity contribution in [2.75, 3.05) is 0 Å².